The lowest BCUT2D eigenvalue weighted by Crippen LogP contribution is -2.18. The fraction of sp³-hybridized carbons (Fsp3) is 0.167. The van der Waals surface area contributed by atoms with Crippen molar-refractivity contribution in [3.05, 3.63) is 28.4 Å². The summed E-state index contributed by atoms with van der Waals surface area (Å²) in [7, 11) is 0. The summed E-state index contributed by atoms with van der Waals surface area (Å²) < 4.78 is 37.7. The first kappa shape index (κ1) is 8.73. The van der Waals surface area contributed by atoms with Crippen LogP contribution in [0.2, 0.25) is 0 Å². The first-order valence-electron chi connectivity index (χ1n) is 3.49. The number of fused-ring (bicyclic) bond motifs is 1. The molecule has 1 N–H and O–H groups in total. The van der Waals surface area contributed by atoms with Crippen LogP contribution in [0, 0.1) is 0 Å². The summed E-state index contributed by atoms with van der Waals surface area (Å²) in [5, 5.41) is 6.57. The Balaban J connectivity index is 2.87. The van der Waals surface area contributed by atoms with Gasteiger partial charge in [-0.1, -0.05) is 0 Å². The molecule has 2 heterocycles. The van der Waals surface area contributed by atoms with Crippen molar-refractivity contribution in [2.24, 2.45) is 0 Å². The van der Waals surface area contributed by atoms with E-state index in [0.717, 1.165) is 6.33 Å². The number of aromatic amines is 1. The molecule has 2 aromatic rings. The minimum Gasteiger partial charge on any atom is -0.291 e. The maximum Gasteiger partial charge on any atom is 0.432 e. The van der Waals surface area contributed by atoms with E-state index in [1.807, 2.05) is 0 Å². The highest BCUT2D eigenvalue weighted by Crippen LogP contribution is 2.27. The molecule has 0 amide bonds. The number of aromatic nitrogens is 4. The minimum atomic E-state index is -4.60. The normalized spacial score (nSPS) is 12.2. The summed E-state index contributed by atoms with van der Waals surface area (Å²) in [6.07, 6.45) is -3.72. The lowest BCUT2D eigenvalue weighted by atomic mass is 10.4. The molecule has 0 aromatic carbocycles. The molecule has 0 aliphatic carbocycles. The van der Waals surface area contributed by atoms with E-state index in [1.54, 1.807) is 0 Å². The summed E-state index contributed by atoms with van der Waals surface area (Å²) in [5.41, 5.74) is -1.96. The average molecular weight is 204 g/mol. The number of hydrogen-bond acceptors (Lipinski definition) is 3. The van der Waals surface area contributed by atoms with Gasteiger partial charge in [0.2, 0.25) is 5.78 Å². The molecule has 2 rings (SSSR count). The van der Waals surface area contributed by atoms with Gasteiger partial charge in [0.05, 0.1) is 0 Å². The Kier molecular flexibility index (Phi) is 1.60. The fourth-order valence-electron chi connectivity index (χ4n) is 1.05. The van der Waals surface area contributed by atoms with Gasteiger partial charge in [0.15, 0.2) is 0 Å². The number of halogens is 3. The molecule has 14 heavy (non-hydrogen) atoms. The van der Waals surface area contributed by atoms with Gasteiger partial charge < -0.3 is 0 Å². The van der Waals surface area contributed by atoms with Crippen molar-refractivity contribution in [1.29, 1.82) is 0 Å². The molecule has 74 valence electrons. The second kappa shape index (κ2) is 2.56. The number of alkyl halides is 3. The quantitative estimate of drug-likeness (QED) is 0.677. The van der Waals surface area contributed by atoms with Gasteiger partial charge in [-0.05, 0) is 0 Å². The summed E-state index contributed by atoms with van der Waals surface area (Å²) in [6, 6.07) is 0.455. The molecule has 0 saturated heterocycles. The van der Waals surface area contributed by atoms with Gasteiger partial charge in [0, 0.05) is 6.07 Å². The summed E-state index contributed by atoms with van der Waals surface area (Å²) >= 11 is 0. The Morgan fingerprint density at radius 3 is 2.79 bits per heavy atom. The Morgan fingerprint density at radius 1 is 1.43 bits per heavy atom. The molecule has 5 nitrogen and oxygen atoms in total. The molecule has 0 bridgehead atoms. The lowest BCUT2D eigenvalue weighted by molar-refractivity contribution is -0.142. The highest BCUT2D eigenvalue weighted by atomic mass is 19.4. The summed E-state index contributed by atoms with van der Waals surface area (Å²) in [5.74, 6) is -0.232. The standard InChI is InChI=1S/C6H3F3N4O/c7-6(8,9)3-1-4(14)11-5-12-10-2-13(3)5/h1-2H,(H,11,12,14). The van der Waals surface area contributed by atoms with Gasteiger partial charge >= 0.3 is 6.18 Å². The van der Waals surface area contributed by atoms with Gasteiger partial charge in [0.1, 0.15) is 12.0 Å². The van der Waals surface area contributed by atoms with E-state index >= 15 is 0 Å². The van der Waals surface area contributed by atoms with Crippen LogP contribution < -0.4 is 5.56 Å². The third-order valence-corrected chi connectivity index (χ3v) is 1.60. The van der Waals surface area contributed by atoms with E-state index in [0.29, 0.717) is 10.5 Å². The number of H-pyrrole nitrogens is 1. The minimum absolute atomic E-state index is 0.232. The molecule has 0 aliphatic heterocycles. The van der Waals surface area contributed by atoms with Crippen molar-refractivity contribution in [3.8, 4) is 0 Å². The Morgan fingerprint density at radius 2 is 2.14 bits per heavy atom. The molecule has 0 aliphatic rings. The van der Waals surface area contributed by atoms with Crippen molar-refractivity contribution in [3.63, 3.8) is 0 Å². The first-order chi connectivity index (χ1) is 6.48. The van der Waals surface area contributed by atoms with Crippen LogP contribution in [0.15, 0.2) is 17.2 Å². The van der Waals surface area contributed by atoms with E-state index in [-0.39, 0.29) is 5.78 Å². The van der Waals surface area contributed by atoms with Gasteiger partial charge in [-0.15, -0.1) is 10.2 Å². The van der Waals surface area contributed by atoms with Crippen LogP contribution in [-0.2, 0) is 6.18 Å². The molecule has 0 saturated carbocycles. The van der Waals surface area contributed by atoms with E-state index < -0.39 is 17.4 Å². The van der Waals surface area contributed by atoms with E-state index in [1.165, 1.54) is 0 Å². The number of nitrogens with zero attached hydrogens (tertiary/aromatic N) is 3. The maximum absolute atomic E-state index is 12.3. The van der Waals surface area contributed by atoms with Gasteiger partial charge in [-0.2, -0.15) is 13.2 Å². The molecular formula is C6H3F3N4O. The SMILES string of the molecule is O=c1cc(C(F)(F)F)n2cnnc2[nH]1. The topological polar surface area (TPSA) is 63.1 Å². The predicted molar refractivity (Wildman–Crippen MR) is 38.6 cm³/mol. The molecule has 0 fully saturated rings. The summed E-state index contributed by atoms with van der Waals surface area (Å²) in [4.78, 5) is 12.9. The second-order valence-corrected chi connectivity index (χ2v) is 2.54. The number of nitrogens with one attached hydrogen (secondary N) is 1. The van der Waals surface area contributed by atoms with Crippen molar-refractivity contribution < 1.29 is 13.2 Å². The largest absolute Gasteiger partial charge is 0.432 e. The predicted octanol–water partition coefficient (Wildman–Crippen LogP) is 0.436. The van der Waals surface area contributed by atoms with Gasteiger partial charge in [-0.3, -0.25) is 14.2 Å². The van der Waals surface area contributed by atoms with Gasteiger partial charge in [0.25, 0.3) is 5.56 Å². The van der Waals surface area contributed by atoms with Crippen LogP contribution in [0.25, 0.3) is 5.78 Å². The van der Waals surface area contributed by atoms with Crippen LogP contribution in [0.3, 0.4) is 0 Å². The molecule has 0 radical (unpaired) electrons. The third-order valence-electron chi connectivity index (χ3n) is 1.60. The fourth-order valence-corrected chi connectivity index (χ4v) is 1.05. The van der Waals surface area contributed by atoms with Crippen LogP contribution >= 0.6 is 0 Å². The zero-order valence-electron chi connectivity index (χ0n) is 6.54. The Labute approximate surface area is 74.2 Å². The van der Waals surface area contributed by atoms with Crippen molar-refractivity contribution >= 4 is 5.78 Å². The summed E-state index contributed by atoms with van der Waals surface area (Å²) in [6.45, 7) is 0. The van der Waals surface area contributed by atoms with Crippen molar-refractivity contribution in [2.75, 3.05) is 0 Å². The van der Waals surface area contributed by atoms with Crippen molar-refractivity contribution in [1.82, 2.24) is 19.6 Å². The van der Waals surface area contributed by atoms with Crippen LogP contribution in [0.1, 0.15) is 5.69 Å². The molecule has 8 heteroatoms. The maximum atomic E-state index is 12.3. The number of rotatable bonds is 0. The van der Waals surface area contributed by atoms with Crippen molar-refractivity contribution in [2.45, 2.75) is 6.18 Å². The monoisotopic (exact) mass is 204 g/mol. The van der Waals surface area contributed by atoms with E-state index in [9.17, 15) is 18.0 Å². The first-order valence-corrected chi connectivity index (χ1v) is 3.49. The second-order valence-electron chi connectivity index (χ2n) is 2.54. The zero-order valence-corrected chi connectivity index (χ0v) is 6.54. The Hall–Kier alpha value is -1.86. The van der Waals surface area contributed by atoms with Gasteiger partial charge in [-0.25, -0.2) is 0 Å². The Bertz CT molecular complexity index is 526. The highest BCUT2D eigenvalue weighted by molar-refractivity contribution is 5.28. The molecule has 0 atom stereocenters. The molecule has 2 aromatic heterocycles. The smallest absolute Gasteiger partial charge is 0.291 e. The zero-order chi connectivity index (χ0) is 10.3. The molecular weight excluding hydrogens is 201 g/mol. The number of hydrogen-bond donors (Lipinski definition) is 1. The third kappa shape index (κ3) is 1.24. The van der Waals surface area contributed by atoms with Crippen LogP contribution in [0.5, 0.6) is 0 Å². The lowest BCUT2D eigenvalue weighted by Gasteiger charge is -2.06. The van der Waals surface area contributed by atoms with E-state index in [2.05, 4.69) is 15.2 Å². The molecule has 0 unspecified atom stereocenters. The molecule has 0 spiro atoms. The van der Waals surface area contributed by atoms with Crippen LogP contribution in [0.4, 0.5) is 13.2 Å². The highest BCUT2D eigenvalue weighted by Gasteiger charge is 2.34. The van der Waals surface area contributed by atoms with Crippen LogP contribution in [-0.4, -0.2) is 19.6 Å². The average Bonchev–Trinajstić information content (AvgIpc) is 2.47. The van der Waals surface area contributed by atoms with E-state index in [4.69, 9.17) is 0 Å².